The van der Waals surface area contributed by atoms with Gasteiger partial charge >= 0.3 is 0 Å². The molecule has 0 aliphatic heterocycles. The molecule has 0 radical (unpaired) electrons. The third-order valence-corrected chi connectivity index (χ3v) is 4.06. The predicted octanol–water partition coefficient (Wildman–Crippen LogP) is 3.92. The lowest BCUT2D eigenvalue weighted by atomic mass is 10.4. The number of aromatic nitrogens is 1. The number of anilines is 1. The third-order valence-electron chi connectivity index (χ3n) is 2.14. The van der Waals surface area contributed by atoms with Crippen LogP contribution in [-0.2, 0) is 6.54 Å². The van der Waals surface area contributed by atoms with E-state index in [0.29, 0.717) is 12.5 Å². The fourth-order valence-corrected chi connectivity index (χ4v) is 2.80. The van der Waals surface area contributed by atoms with E-state index in [9.17, 15) is 0 Å². The van der Waals surface area contributed by atoms with E-state index in [0.717, 1.165) is 16.8 Å². The predicted molar refractivity (Wildman–Crippen MR) is 74.8 cm³/mol. The molecule has 0 bridgehead atoms. The van der Waals surface area contributed by atoms with E-state index in [1.54, 1.807) is 11.3 Å². The van der Waals surface area contributed by atoms with E-state index >= 15 is 0 Å². The standard InChI is InChI=1S/C12H13BrN2OS/c1-2-16-12-5-3-4-11(15-12)14-8-10-9(13)6-7-17-10/h3-7H,2,8H2,1H3,(H,14,15). The van der Waals surface area contributed by atoms with Crippen molar-refractivity contribution in [3.8, 4) is 5.88 Å². The van der Waals surface area contributed by atoms with Crippen LogP contribution in [0.15, 0.2) is 34.1 Å². The van der Waals surface area contributed by atoms with Crippen molar-refractivity contribution >= 4 is 33.1 Å². The first-order valence-electron chi connectivity index (χ1n) is 5.35. The van der Waals surface area contributed by atoms with Gasteiger partial charge in [0, 0.05) is 15.4 Å². The van der Waals surface area contributed by atoms with Gasteiger partial charge in [0.25, 0.3) is 0 Å². The summed E-state index contributed by atoms with van der Waals surface area (Å²) in [6.45, 7) is 3.35. The van der Waals surface area contributed by atoms with Crippen molar-refractivity contribution < 1.29 is 4.74 Å². The second-order valence-electron chi connectivity index (χ2n) is 3.34. The minimum atomic E-state index is 0.632. The maximum Gasteiger partial charge on any atom is 0.215 e. The highest BCUT2D eigenvalue weighted by molar-refractivity contribution is 9.10. The molecule has 17 heavy (non-hydrogen) atoms. The summed E-state index contributed by atoms with van der Waals surface area (Å²) in [4.78, 5) is 5.61. The van der Waals surface area contributed by atoms with Gasteiger partial charge in [0.2, 0.25) is 5.88 Å². The number of thiophene rings is 1. The van der Waals surface area contributed by atoms with Crippen LogP contribution in [-0.4, -0.2) is 11.6 Å². The molecule has 0 unspecified atom stereocenters. The van der Waals surface area contributed by atoms with Gasteiger partial charge in [0.15, 0.2) is 0 Å². The Kier molecular flexibility index (Phi) is 4.39. The number of nitrogens with one attached hydrogen (secondary N) is 1. The van der Waals surface area contributed by atoms with Gasteiger partial charge in [0.1, 0.15) is 5.82 Å². The summed E-state index contributed by atoms with van der Waals surface area (Å²) in [5, 5.41) is 5.34. The fourth-order valence-electron chi connectivity index (χ4n) is 1.36. The quantitative estimate of drug-likeness (QED) is 0.908. The summed E-state index contributed by atoms with van der Waals surface area (Å²) >= 11 is 5.22. The van der Waals surface area contributed by atoms with Crippen molar-refractivity contribution in [1.82, 2.24) is 4.98 Å². The van der Waals surface area contributed by atoms with Crippen LogP contribution in [0.5, 0.6) is 5.88 Å². The highest BCUT2D eigenvalue weighted by atomic mass is 79.9. The van der Waals surface area contributed by atoms with Gasteiger partial charge < -0.3 is 10.1 Å². The van der Waals surface area contributed by atoms with E-state index in [4.69, 9.17) is 4.74 Å². The lowest BCUT2D eigenvalue weighted by molar-refractivity contribution is 0.327. The first kappa shape index (κ1) is 12.4. The summed E-state index contributed by atoms with van der Waals surface area (Å²) in [7, 11) is 0. The lowest BCUT2D eigenvalue weighted by Crippen LogP contribution is -2.02. The van der Waals surface area contributed by atoms with E-state index in [-0.39, 0.29) is 0 Å². The molecule has 2 heterocycles. The Balaban J connectivity index is 1.99. The van der Waals surface area contributed by atoms with Crippen LogP contribution >= 0.6 is 27.3 Å². The van der Waals surface area contributed by atoms with Crippen molar-refractivity contribution in [2.24, 2.45) is 0 Å². The Morgan fingerprint density at radius 3 is 3.00 bits per heavy atom. The molecule has 2 aromatic rings. The number of nitrogens with zero attached hydrogens (tertiary/aromatic N) is 1. The maximum atomic E-state index is 5.35. The Labute approximate surface area is 113 Å². The molecule has 0 amide bonds. The van der Waals surface area contributed by atoms with Crippen LogP contribution in [0.4, 0.5) is 5.82 Å². The van der Waals surface area contributed by atoms with E-state index in [1.165, 1.54) is 4.88 Å². The van der Waals surface area contributed by atoms with Crippen LogP contribution in [0.3, 0.4) is 0 Å². The van der Waals surface area contributed by atoms with Gasteiger partial charge in [-0.3, -0.25) is 0 Å². The molecule has 0 aliphatic carbocycles. The number of rotatable bonds is 5. The fraction of sp³-hybridized carbons (Fsp3) is 0.250. The Morgan fingerprint density at radius 2 is 2.29 bits per heavy atom. The average Bonchev–Trinajstić information content (AvgIpc) is 2.73. The number of halogens is 1. The van der Waals surface area contributed by atoms with E-state index < -0.39 is 0 Å². The first-order chi connectivity index (χ1) is 8.29. The third kappa shape index (κ3) is 3.44. The summed E-state index contributed by atoms with van der Waals surface area (Å²) in [6, 6.07) is 7.77. The maximum absolute atomic E-state index is 5.35. The van der Waals surface area contributed by atoms with Crippen molar-refractivity contribution in [1.29, 1.82) is 0 Å². The second kappa shape index (κ2) is 6.02. The zero-order valence-electron chi connectivity index (χ0n) is 9.44. The minimum Gasteiger partial charge on any atom is -0.478 e. The molecule has 0 fully saturated rings. The molecule has 0 atom stereocenters. The molecule has 90 valence electrons. The van der Waals surface area contributed by atoms with Gasteiger partial charge in [0.05, 0.1) is 13.2 Å². The number of pyridine rings is 1. The topological polar surface area (TPSA) is 34.1 Å². The number of ether oxygens (including phenoxy) is 1. The minimum absolute atomic E-state index is 0.632. The number of hydrogen-bond donors (Lipinski definition) is 1. The van der Waals surface area contributed by atoms with Gasteiger partial charge in [-0.05, 0) is 40.4 Å². The molecule has 0 saturated carbocycles. The number of hydrogen-bond acceptors (Lipinski definition) is 4. The monoisotopic (exact) mass is 312 g/mol. The average molecular weight is 313 g/mol. The largest absolute Gasteiger partial charge is 0.478 e. The van der Waals surface area contributed by atoms with E-state index in [1.807, 2.05) is 31.2 Å². The first-order valence-corrected chi connectivity index (χ1v) is 7.02. The van der Waals surface area contributed by atoms with Crippen molar-refractivity contribution in [3.05, 3.63) is 39.0 Å². The Morgan fingerprint density at radius 1 is 1.41 bits per heavy atom. The molecule has 1 N–H and O–H groups in total. The normalized spacial score (nSPS) is 10.2. The lowest BCUT2D eigenvalue weighted by Gasteiger charge is -2.07. The van der Waals surface area contributed by atoms with Crippen LogP contribution in [0.2, 0.25) is 0 Å². The molecule has 3 nitrogen and oxygen atoms in total. The van der Waals surface area contributed by atoms with Gasteiger partial charge in [-0.2, -0.15) is 4.98 Å². The Bertz CT molecular complexity index is 487. The molecular weight excluding hydrogens is 300 g/mol. The zero-order chi connectivity index (χ0) is 12.1. The van der Waals surface area contributed by atoms with Crippen molar-refractivity contribution in [3.63, 3.8) is 0 Å². The SMILES string of the molecule is CCOc1cccc(NCc2sccc2Br)n1. The van der Waals surface area contributed by atoms with Crippen LogP contribution in [0, 0.1) is 0 Å². The van der Waals surface area contributed by atoms with Crippen molar-refractivity contribution in [2.45, 2.75) is 13.5 Å². The molecule has 2 rings (SSSR count). The molecule has 0 spiro atoms. The Hall–Kier alpha value is -1.07. The van der Waals surface area contributed by atoms with Gasteiger partial charge in [-0.15, -0.1) is 11.3 Å². The molecule has 0 saturated heterocycles. The highest BCUT2D eigenvalue weighted by Crippen LogP contribution is 2.23. The zero-order valence-corrected chi connectivity index (χ0v) is 11.8. The smallest absolute Gasteiger partial charge is 0.215 e. The van der Waals surface area contributed by atoms with Crippen LogP contribution in [0.1, 0.15) is 11.8 Å². The van der Waals surface area contributed by atoms with Crippen LogP contribution in [0.25, 0.3) is 0 Å². The molecular formula is C12H13BrN2OS. The molecule has 0 aromatic carbocycles. The molecule has 2 aromatic heterocycles. The summed E-state index contributed by atoms with van der Waals surface area (Å²) in [5.74, 6) is 1.49. The second-order valence-corrected chi connectivity index (χ2v) is 5.19. The summed E-state index contributed by atoms with van der Waals surface area (Å²) < 4.78 is 6.48. The highest BCUT2D eigenvalue weighted by Gasteiger charge is 2.02. The van der Waals surface area contributed by atoms with Crippen LogP contribution < -0.4 is 10.1 Å². The summed E-state index contributed by atoms with van der Waals surface area (Å²) in [5.41, 5.74) is 0. The van der Waals surface area contributed by atoms with Gasteiger partial charge in [-0.25, -0.2) is 0 Å². The van der Waals surface area contributed by atoms with E-state index in [2.05, 4.69) is 31.6 Å². The molecule has 0 aliphatic rings. The van der Waals surface area contributed by atoms with Crippen molar-refractivity contribution in [2.75, 3.05) is 11.9 Å². The molecule has 5 heteroatoms. The van der Waals surface area contributed by atoms with Gasteiger partial charge in [-0.1, -0.05) is 6.07 Å². The summed E-state index contributed by atoms with van der Waals surface area (Å²) in [6.07, 6.45) is 0.